The highest BCUT2D eigenvalue weighted by Gasteiger charge is 2.11. The minimum atomic E-state index is 0.875. The lowest BCUT2D eigenvalue weighted by Crippen LogP contribution is -2.17. The van der Waals surface area contributed by atoms with Crippen LogP contribution in [-0.4, -0.2) is 32.7 Å². The Kier molecular flexibility index (Phi) is 4.62. The summed E-state index contributed by atoms with van der Waals surface area (Å²) >= 11 is 0. The molecule has 0 spiro atoms. The second-order valence-electron chi connectivity index (χ2n) is 3.92. The Labute approximate surface area is 98.0 Å². The molecule has 0 aliphatic heterocycles. The van der Waals surface area contributed by atoms with Crippen molar-refractivity contribution in [3.05, 3.63) is 23.3 Å². The number of benzene rings is 1. The highest BCUT2D eigenvalue weighted by Crippen LogP contribution is 2.31. The normalized spacial score (nSPS) is 10.6. The van der Waals surface area contributed by atoms with Crippen LogP contribution in [0.2, 0.25) is 0 Å². The Morgan fingerprint density at radius 1 is 1.19 bits per heavy atom. The second kappa shape index (κ2) is 5.75. The molecule has 0 bridgehead atoms. The maximum atomic E-state index is 5.46. The third-order valence-electron chi connectivity index (χ3n) is 2.84. The van der Waals surface area contributed by atoms with Crippen molar-refractivity contribution < 1.29 is 9.47 Å². The van der Waals surface area contributed by atoms with Gasteiger partial charge in [0.25, 0.3) is 0 Å². The van der Waals surface area contributed by atoms with Crippen LogP contribution in [0.4, 0.5) is 0 Å². The molecule has 3 nitrogen and oxygen atoms in total. The fraction of sp³-hybridized carbons (Fsp3) is 0.538. The molecule has 16 heavy (non-hydrogen) atoms. The average Bonchev–Trinajstić information content (AvgIpc) is 2.29. The van der Waals surface area contributed by atoms with Crippen LogP contribution in [0.15, 0.2) is 12.1 Å². The molecule has 0 amide bonds. The van der Waals surface area contributed by atoms with Crippen LogP contribution in [0, 0.1) is 6.92 Å². The van der Waals surface area contributed by atoms with Gasteiger partial charge in [0, 0.05) is 17.7 Å². The van der Waals surface area contributed by atoms with Gasteiger partial charge < -0.3 is 14.4 Å². The third-order valence-corrected chi connectivity index (χ3v) is 2.84. The van der Waals surface area contributed by atoms with E-state index < -0.39 is 0 Å². The van der Waals surface area contributed by atoms with Crippen LogP contribution in [-0.2, 0) is 6.54 Å². The smallest absolute Gasteiger partial charge is 0.129 e. The summed E-state index contributed by atoms with van der Waals surface area (Å²) in [5.74, 6) is 1.81. The Balaban J connectivity index is 3.05. The average molecular weight is 223 g/mol. The van der Waals surface area contributed by atoms with Gasteiger partial charge in [-0.05, 0) is 26.6 Å². The molecule has 0 saturated heterocycles. The summed E-state index contributed by atoms with van der Waals surface area (Å²) in [5.41, 5.74) is 2.26. The zero-order valence-corrected chi connectivity index (χ0v) is 10.8. The van der Waals surface area contributed by atoms with Crippen molar-refractivity contribution in [2.24, 2.45) is 0 Å². The first-order chi connectivity index (χ1) is 7.63. The van der Waals surface area contributed by atoms with Crippen LogP contribution in [0.3, 0.4) is 0 Å². The maximum absolute atomic E-state index is 5.46. The van der Waals surface area contributed by atoms with Crippen LogP contribution in [0.5, 0.6) is 11.5 Å². The second-order valence-corrected chi connectivity index (χ2v) is 3.92. The molecule has 0 unspecified atom stereocenters. The van der Waals surface area contributed by atoms with Crippen molar-refractivity contribution in [3.8, 4) is 11.5 Å². The molecule has 0 aliphatic carbocycles. The summed E-state index contributed by atoms with van der Waals surface area (Å²) in [4.78, 5) is 2.24. The molecule has 0 saturated carbocycles. The minimum Gasteiger partial charge on any atom is -0.496 e. The number of nitrogens with zero attached hydrogens (tertiary/aromatic N) is 1. The van der Waals surface area contributed by atoms with Gasteiger partial charge in [-0.25, -0.2) is 0 Å². The van der Waals surface area contributed by atoms with E-state index >= 15 is 0 Å². The highest BCUT2D eigenvalue weighted by molar-refractivity contribution is 5.49. The van der Waals surface area contributed by atoms with E-state index in [2.05, 4.69) is 24.9 Å². The quantitative estimate of drug-likeness (QED) is 0.765. The Hall–Kier alpha value is -1.22. The molecule has 0 heterocycles. The van der Waals surface area contributed by atoms with Gasteiger partial charge in [0.1, 0.15) is 11.5 Å². The molecule has 1 aromatic rings. The molecule has 0 atom stereocenters. The summed E-state index contributed by atoms with van der Waals surface area (Å²) in [6, 6.07) is 4.06. The van der Waals surface area contributed by atoms with Crippen molar-refractivity contribution in [2.75, 3.05) is 27.8 Å². The van der Waals surface area contributed by atoms with E-state index in [-0.39, 0.29) is 0 Å². The van der Waals surface area contributed by atoms with E-state index in [1.807, 2.05) is 13.0 Å². The summed E-state index contributed by atoms with van der Waals surface area (Å²) in [7, 11) is 5.48. The summed E-state index contributed by atoms with van der Waals surface area (Å²) in [6.07, 6.45) is 0. The molecule has 0 aliphatic rings. The van der Waals surface area contributed by atoms with Crippen molar-refractivity contribution in [2.45, 2.75) is 20.4 Å². The first kappa shape index (κ1) is 12.8. The first-order valence-corrected chi connectivity index (χ1v) is 5.53. The van der Waals surface area contributed by atoms with Crippen molar-refractivity contribution >= 4 is 0 Å². The van der Waals surface area contributed by atoms with E-state index in [1.165, 1.54) is 5.56 Å². The first-order valence-electron chi connectivity index (χ1n) is 5.53. The van der Waals surface area contributed by atoms with Crippen LogP contribution in [0.25, 0.3) is 0 Å². The molecule has 3 heteroatoms. The van der Waals surface area contributed by atoms with Crippen molar-refractivity contribution in [1.82, 2.24) is 4.90 Å². The summed E-state index contributed by atoms with van der Waals surface area (Å²) in [6.45, 7) is 6.08. The van der Waals surface area contributed by atoms with Crippen molar-refractivity contribution in [1.29, 1.82) is 0 Å². The zero-order chi connectivity index (χ0) is 12.1. The van der Waals surface area contributed by atoms with Crippen LogP contribution in [0.1, 0.15) is 18.1 Å². The predicted molar refractivity (Wildman–Crippen MR) is 66.3 cm³/mol. The van der Waals surface area contributed by atoms with Gasteiger partial charge in [-0.15, -0.1) is 0 Å². The van der Waals surface area contributed by atoms with E-state index in [0.717, 1.165) is 30.2 Å². The lowest BCUT2D eigenvalue weighted by Gasteiger charge is -2.18. The van der Waals surface area contributed by atoms with Crippen molar-refractivity contribution in [3.63, 3.8) is 0 Å². The molecule has 0 radical (unpaired) electrons. The third kappa shape index (κ3) is 2.67. The van der Waals surface area contributed by atoms with Gasteiger partial charge in [-0.2, -0.15) is 0 Å². The lowest BCUT2D eigenvalue weighted by atomic mass is 10.1. The summed E-state index contributed by atoms with van der Waals surface area (Å²) < 4.78 is 10.7. The molecule has 1 aromatic carbocycles. The summed E-state index contributed by atoms with van der Waals surface area (Å²) in [5, 5.41) is 0. The van der Waals surface area contributed by atoms with E-state index in [1.54, 1.807) is 14.2 Å². The number of hydrogen-bond donors (Lipinski definition) is 0. The topological polar surface area (TPSA) is 21.7 Å². The van der Waals surface area contributed by atoms with E-state index in [4.69, 9.17) is 9.47 Å². The fourth-order valence-electron chi connectivity index (χ4n) is 1.76. The van der Waals surface area contributed by atoms with Gasteiger partial charge in [0.05, 0.1) is 14.2 Å². The zero-order valence-electron chi connectivity index (χ0n) is 10.8. The standard InChI is InChI=1S/C13H21NO2/c1-6-14(3)9-11-7-8-12(15-4)10(2)13(11)16-5/h7-8H,6,9H2,1-5H3. The molecule has 0 fully saturated rings. The lowest BCUT2D eigenvalue weighted by molar-refractivity contribution is 0.330. The Bertz CT molecular complexity index is 350. The molecule has 0 aromatic heterocycles. The molecule has 1 rings (SSSR count). The number of rotatable bonds is 5. The molecular weight excluding hydrogens is 202 g/mol. The van der Waals surface area contributed by atoms with Gasteiger partial charge in [0.15, 0.2) is 0 Å². The van der Waals surface area contributed by atoms with Crippen LogP contribution < -0.4 is 9.47 Å². The Morgan fingerprint density at radius 2 is 1.88 bits per heavy atom. The number of methoxy groups -OCH3 is 2. The maximum Gasteiger partial charge on any atom is 0.129 e. The fourth-order valence-corrected chi connectivity index (χ4v) is 1.76. The molecule has 0 N–H and O–H groups in total. The minimum absolute atomic E-state index is 0.875. The van der Waals surface area contributed by atoms with E-state index in [0.29, 0.717) is 0 Å². The van der Waals surface area contributed by atoms with Gasteiger partial charge >= 0.3 is 0 Å². The predicted octanol–water partition coefficient (Wildman–Crippen LogP) is 2.46. The Morgan fingerprint density at radius 3 is 2.38 bits per heavy atom. The largest absolute Gasteiger partial charge is 0.496 e. The number of ether oxygens (including phenoxy) is 2. The monoisotopic (exact) mass is 223 g/mol. The number of hydrogen-bond acceptors (Lipinski definition) is 3. The SMILES string of the molecule is CCN(C)Cc1ccc(OC)c(C)c1OC. The highest BCUT2D eigenvalue weighted by atomic mass is 16.5. The van der Waals surface area contributed by atoms with E-state index in [9.17, 15) is 0 Å². The molecule has 90 valence electrons. The van der Waals surface area contributed by atoms with Gasteiger partial charge in [0.2, 0.25) is 0 Å². The van der Waals surface area contributed by atoms with Gasteiger partial charge in [-0.3, -0.25) is 0 Å². The van der Waals surface area contributed by atoms with Crippen LogP contribution >= 0.6 is 0 Å². The van der Waals surface area contributed by atoms with Gasteiger partial charge in [-0.1, -0.05) is 13.0 Å². The molecular formula is C13H21NO2.